The molecular formula is C11H19N3O. The Morgan fingerprint density at radius 2 is 2.07 bits per heavy atom. The fourth-order valence-electron chi connectivity index (χ4n) is 1.65. The van der Waals surface area contributed by atoms with E-state index in [-0.39, 0.29) is 6.04 Å². The van der Waals surface area contributed by atoms with Crippen molar-refractivity contribution in [2.24, 2.45) is 11.7 Å². The molecule has 4 heteroatoms. The molecule has 1 rings (SSSR count). The zero-order valence-electron chi connectivity index (χ0n) is 9.82. The second kappa shape index (κ2) is 5.07. The molecule has 0 aliphatic rings. The van der Waals surface area contributed by atoms with E-state index >= 15 is 0 Å². The summed E-state index contributed by atoms with van der Waals surface area (Å²) in [6.45, 7) is 6.23. The van der Waals surface area contributed by atoms with Crippen LogP contribution in [-0.2, 0) is 0 Å². The quantitative estimate of drug-likeness (QED) is 0.822. The Kier molecular flexibility index (Phi) is 4.03. The summed E-state index contributed by atoms with van der Waals surface area (Å²) in [5.74, 6) is 1.17. The summed E-state index contributed by atoms with van der Waals surface area (Å²) >= 11 is 0. The number of rotatable bonds is 4. The van der Waals surface area contributed by atoms with E-state index in [2.05, 4.69) is 23.8 Å². The molecule has 0 radical (unpaired) electrons. The molecule has 1 aromatic rings. The van der Waals surface area contributed by atoms with Gasteiger partial charge in [-0.15, -0.1) is 0 Å². The van der Waals surface area contributed by atoms with Crippen LogP contribution in [0.2, 0.25) is 0 Å². The molecule has 15 heavy (non-hydrogen) atoms. The van der Waals surface area contributed by atoms with Crippen molar-refractivity contribution in [3.05, 3.63) is 17.6 Å². The predicted octanol–water partition coefficient (Wildman–Crippen LogP) is 1.84. The van der Waals surface area contributed by atoms with Gasteiger partial charge in [0, 0.05) is 11.6 Å². The van der Waals surface area contributed by atoms with Gasteiger partial charge in [-0.2, -0.15) is 0 Å². The van der Waals surface area contributed by atoms with Crippen molar-refractivity contribution >= 4 is 0 Å². The van der Waals surface area contributed by atoms with Gasteiger partial charge >= 0.3 is 0 Å². The number of methoxy groups -OCH3 is 1. The molecule has 0 amide bonds. The monoisotopic (exact) mass is 209 g/mol. The second-order valence-corrected chi connectivity index (χ2v) is 4.13. The molecule has 2 N–H and O–H groups in total. The first-order chi connectivity index (χ1) is 7.06. The van der Waals surface area contributed by atoms with E-state index in [0.29, 0.717) is 11.8 Å². The average molecular weight is 209 g/mol. The first-order valence-corrected chi connectivity index (χ1v) is 5.17. The van der Waals surface area contributed by atoms with Crippen molar-refractivity contribution in [3.63, 3.8) is 0 Å². The molecule has 0 fully saturated rings. The lowest BCUT2D eigenvalue weighted by molar-refractivity contribution is 0.390. The van der Waals surface area contributed by atoms with Gasteiger partial charge in [-0.25, -0.2) is 9.97 Å². The molecule has 0 unspecified atom stereocenters. The summed E-state index contributed by atoms with van der Waals surface area (Å²) < 4.78 is 5.13. The lowest BCUT2D eigenvalue weighted by atomic mass is 9.99. The summed E-state index contributed by atoms with van der Waals surface area (Å²) in [5.41, 5.74) is 7.90. The molecule has 4 nitrogen and oxygen atoms in total. The van der Waals surface area contributed by atoms with E-state index in [1.54, 1.807) is 7.11 Å². The number of nitrogens with two attached hydrogens (primary N) is 1. The van der Waals surface area contributed by atoms with E-state index in [0.717, 1.165) is 17.7 Å². The van der Waals surface area contributed by atoms with E-state index in [1.807, 2.05) is 6.92 Å². The topological polar surface area (TPSA) is 61.0 Å². The third-order valence-electron chi connectivity index (χ3n) is 2.35. The first kappa shape index (κ1) is 11.9. The van der Waals surface area contributed by atoms with Gasteiger partial charge in [-0.3, -0.25) is 0 Å². The summed E-state index contributed by atoms with van der Waals surface area (Å²) in [7, 11) is 1.60. The zero-order chi connectivity index (χ0) is 11.4. The molecule has 0 aliphatic carbocycles. The molecule has 0 aromatic carbocycles. The van der Waals surface area contributed by atoms with Gasteiger partial charge in [0.15, 0.2) is 0 Å². The lowest BCUT2D eigenvalue weighted by Crippen LogP contribution is -2.16. The largest absolute Gasteiger partial charge is 0.481 e. The van der Waals surface area contributed by atoms with Crippen LogP contribution < -0.4 is 10.5 Å². The van der Waals surface area contributed by atoms with Crippen molar-refractivity contribution in [1.29, 1.82) is 0 Å². The van der Waals surface area contributed by atoms with Crippen LogP contribution in [0.4, 0.5) is 0 Å². The van der Waals surface area contributed by atoms with Crippen LogP contribution in [0.25, 0.3) is 0 Å². The number of ether oxygens (including phenoxy) is 1. The molecule has 1 atom stereocenters. The summed E-state index contributed by atoms with van der Waals surface area (Å²) in [6, 6.07) is -0.0399. The van der Waals surface area contributed by atoms with Gasteiger partial charge in [0.2, 0.25) is 5.88 Å². The van der Waals surface area contributed by atoms with Gasteiger partial charge in [-0.05, 0) is 19.3 Å². The average Bonchev–Trinajstić information content (AvgIpc) is 2.17. The highest BCUT2D eigenvalue weighted by Crippen LogP contribution is 2.23. The SMILES string of the molecule is COc1ncnc([C@H](N)CC(C)C)c1C. The molecule has 0 saturated heterocycles. The van der Waals surface area contributed by atoms with Gasteiger partial charge < -0.3 is 10.5 Å². The van der Waals surface area contributed by atoms with Crippen LogP contribution in [0.3, 0.4) is 0 Å². The molecule has 0 saturated carbocycles. The van der Waals surface area contributed by atoms with Crippen LogP contribution in [0.5, 0.6) is 5.88 Å². The van der Waals surface area contributed by atoms with E-state index in [1.165, 1.54) is 6.33 Å². The van der Waals surface area contributed by atoms with Crippen LogP contribution in [0, 0.1) is 12.8 Å². The van der Waals surface area contributed by atoms with Gasteiger partial charge in [0.1, 0.15) is 6.33 Å². The third kappa shape index (κ3) is 2.89. The van der Waals surface area contributed by atoms with Crippen molar-refractivity contribution in [1.82, 2.24) is 9.97 Å². The standard InChI is InChI=1S/C11H19N3O/c1-7(2)5-9(12)10-8(3)11(15-4)14-6-13-10/h6-7,9H,5,12H2,1-4H3/t9-/m1/s1. The molecule has 1 heterocycles. The molecular weight excluding hydrogens is 190 g/mol. The van der Waals surface area contributed by atoms with E-state index < -0.39 is 0 Å². The number of nitrogens with zero attached hydrogens (tertiary/aromatic N) is 2. The Morgan fingerprint density at radius 3 is 2.60 bits per heavy atom. The Morgan fingerprint density at radius 1 is 1.40 bits per heavy atom. The molecule has 1 aromatic heterocycles. The van der Waals surface area contributed by atoms with Crippen LogP contribution >= 0.6 is 0 Å². The minimum Gasteiger partial charge on any atom is -0.481 e. The number of aromatic nitrogens is 2. The Hall–Kier alpha value is -1.16. The molecule has 0 spiro atoms. The van der Waals surface area contributed by atoms with Gasteiger partial charge in [0.25, 0.3) is 0 Å². The first-order valence-electron chi connectivity index (χ1n) is 5.17. The van der Waals surface area contributed by atoms with Crippen molar-refractivity contribution in [2.45, 2.75) is 33.2 Å². The van der Waals surface area contributed by atoms with E-state index in [9.17, 15) is 0 Å². The maximum atomic E-state index is 6.07. The predicted molar refractivity (Wildman–Crippen MR) is 59.7 cm³/mol. The Balaban J connectivity index is 2.93. The van der Waals surface area contributed by atoms with Crippen LogP contribution in [0.1, 0.15) is 37.6 Å². The molecule has 84 valence electrons. The van der Waals surface area contributed by atoms with Crippen LogP contribution in [0.15, 0.2) is 6.33 Å². The highest BCUT2D eigenvalue weighted by atomic mass is 16.5. The van der Waals surface area contributed by atoms with Crippen molar-refractivity contribution < 1.29 is 4.74 Å². The zero-order valence-corrected chi connectivity index (χ0v) is 9.82. The third-order valence-corrected chi connectivity index (χ3v) is 2.35. The van der Waals surface area contributed by atoms with Gasteiger partial charge in [-0.1, -0.05) is 13.8 Å². The lowest BCUT2D eigenvalue weighted by Gasteiger charge is -2.16. The molecule has 0 aliphatic heterocycles. The van der Waals surface area contributed by atoms with E-state index in [4.69, 9.17) is 10.5 Å². The van der Waals surface area contributed by atoms with Crippen LogP contribution in [-0.4, -0.2) is 17.1 Å². The highest BCUT2D eigenvalue weighted by molar-refractivity contribution is 5.29. The Bertz CT molecular complexity index is 326. The second-order valence-electron chi connectivity index (χ2n) is 4.13. The Labute approximate surface area is 90.9 Å². The molecule has 0 bridgehead atoms. The van der Waals surface area contributed by atoms with Gasteiger partial charge in [0.05, 0.1) is 12.8 Å². The van der Waals surface area contributed by atoms with Crippen molar-refractivity contribution in [2.75, 3.05) is 7.11 Å². The maximum Gasteiger partial charge on any atom is 0.219 e. The van der Waals surface area contributed by atoms with Crippen molar-refractivity contribution in [3.8, 4) is 5.88 Å². The summed E-state index contributed by atoms with van der Waals surface area (Å²) in [4.78, 5) is 8.25. The normalized spacial score (nSPS) is 12.9. The summed E-state index contributed by atoms with van der Waals surface area (Å²) in [6.07, 6.45) is 2.42. The number of hydrogen-bond acceptors (Lipinski definition) is 4. The minimum atomic E-state index is -0.0399. The fraction of sp³-hybridized carbons (Fsp3) is 0.636. The minimum absolute atomic E-state index is 0.0399. The smallest absolute Gasteiger partial charge is 0.219 e. The maximum absolute atomic E-state index is 6.07. The number of hydrogen-bond donors (Lipinski definition) is 1. The highest BCUT2D eigenvalue weighted by Gasteiger charge is 2.15. The fourth-order valence-corrected chi connectivity index (χ4v) is 1.65. The summed E-state index contributed by atoms with van der Waals surface area (Å²) in [5, 5.41) is 0.